The molecular formula is C18H21N3O4. The predicted octanol–water partition coefficient (Wildman–Crippen LogP) is 2.90. The van der Waals surface area contributed by atoms with Crippen LogP contribution >= 0.6 is 0 Å². The number of amides is 1. The number of benzene rings is 1. The molecule has 1 N–H and O–H groups in total. The van der Waals surface area contributed by atoms with E-state index in [1.54, 1.807) is 25.1 Å². The number of aliphatic carboxylic acids is 1. The predicted molar refractivity (Wildman–Crippen MR) is 90.0 cm³/mol. The van der Waals surface area contributed by atoms with E-state index >= 15 is 0 Å². The number of nitrogens with zero attached hydrogens (tertiary/aromatic N) is 3. The van der Waals surface area contributed by atoms with Gasteiger partial charge >= 0.3 is 5.97 Å². The fraction of sp³-hybridized carbons (Fsp3) is 0.444. The number of aromatic nitrogens is 2. The molecule has 7 heteroatoms. The van der Waals surface area contributed by atoms with Gasteiger partial charge in [-0.1, -0.05) is 17.3 Å². The van der Waals surface area contributed by atoms with E-state index in [0.29, 0.717) is 30.2 Å². The lowest BCUT2D eigenvalue weighted by Gasteiger charge is -2.35. The zero-order valence-corrected chi connectivity index (χ0v) is 14.1. The van der Waals surface area contributed by atoms with Crippen molar-refractivity contribution in [3.05, 3.63) is 35.7 Å². The molecule has 1 aliphatic rings. The molecule has 1 saturated heterocycles. The Hall–Kier alpha value is -2.70. The highest BCUT2D eigenvalue weighted by Gasteiger charge is 2.28. The second kappa shape index (κ2) is 7.46. The average Bonchev–Trinajstić information content (AvgIpc) is 3.06. The molecule has 1 aliphatic heterocycles. The van der Waals surface area contributed by atoms with Crippen molar-refractivity contribution in [2.45, 2.75) is 45.1 Å². The number of carbonyl (C=O) groups excluding carboxylic acids is 1. The molecule has 2 aromatic rings. The van der Waals surface area contributed by atoms with Crippen LogP contribution in [0.1, 0.15) is 48.4 Å². The van der Waals surface area contributed by atoms with Crippen LogP contribution in [-0.2, 0) is 4.79 Å². The van der Waals surface area contributed by atoms with E-state index in [0.717, 1.165) is 24.8 Å². The number of piperidine rings is 1. The average molecular weight is 343 g/mol. The highest BCUT2D eigenvalue weighted by Crippen LogP contribution is 2.24. The van der Waals surface area contributed by atoms with Crippen LogP contribution in [0.15, 0.2) is 28.8 Å². The van der Waals surface area contributed by atoms with Crippen molar-refractivity contribution < 1.29 is 19.2 Å². The van der Waals surface area contributed by atoms with Gasteiger partial charge in [0.05, 0.1) is 0 Å². The Morgan fingerprint density at radius 1 is 1.36 bits per heavy atom. The lowest BCUT2D eigenvalue weighted by atomic mass is 9.96. The fourth-order valence-electron chi connectivity index (χ4n) is 3.23. The number of aryl methyl sites for hydroxylation is 1. The molecule has 1 atom stereocenters. The van der Waals surface area contributed by atoms with Crippen LogP contribution in [0, 0.1) is 6.92 Å². The maximum absolute atomic E-state index is 13.0. The molecule has 7 nitrogen and oxygen atoms in total. The number of carboxylic acids is 1. The van der Waals surface area contributed by atoms with Crippen LogP contribution in [0.2, 0.25) is 0 Å². The van der Waals surface area contributed by atoms with Gasteiger partial charge < -0.3 is 14.5 Å². The lowest BCUT2D eigenvalue weighted by Crippen LogP contribution is -2.44. The summed E-state index contributed by atoms with van der Waals surface area (Å²) in [6.07, 6.45) is 3.39. The largest absolute Gasteiger partial charge is 0.481 e. The van der Waals surface area contributed by atoms with Gasteiger partial charge in [-0.05, 0) is 37.8 Å². The van der Waals surface area contributed by atoms with Crippen LogP contribution in [0.3, 0.4) is 0 Å². The summed E-state index contributed by atoms with van der Waals surface area (Å²) in [6.45, 7) is 2.38. The third kappa shape index (κ3) is 4.04. The van der Waals surface area contributed by atoms with Gasteiger partial charge in [-0.3, -0.25) is 9.59 Å². The first-order valence-corrected chi connectivity index (χ1v) is 8.48. The Kier molecular flexibility index (Phi) is 5.11. The topological polar surface area (TPSA) is 96.5 Å². The van der Waals surface area contributed by atoms with Gasteiger partial charge in [-0.2, -0.15) is 4.98 Å². The van der Waals surface area contributed by atoms with E-state index in [-0.39, 0.29) is 18.4 Å². The van der Waals surface area contributed by atoms with E-state index < -0.39 is 5.97 Å². The molecule has 0 bridgehead atoms. The third-order valence-corrected chi connectivity index (χ3v) is 4.47. The first-order valence-electron chi connectivity index (χ1n) is 8.48. The molecule has 1 aromatic carbocycles. The maximum Gasteiger partial charge on any atom is 0.303 e. The zero-order valence-electron chi connectivity index (χ0n) is 14.1. The molecule has 1 aromatic heterocycles. The van der Waals surface area contributed by atoms with Crippen molar-refractivity contribution in [3.8, 4) is 11.4 Å². The molecule has 132 valence electrons. The Morgan fingerprint density at radius 2 is 2.20 bits per heavy atom. The number of hydrogen-bond acceptors (Lipinski definition) is 5. The van der Waals surface area contributed by atoms with E-state index in [1.165, 1.54) is 0 Å². The summed E-state index contributed by atoms with van der Waals surface area (Å²) in [5.41, 5.74) is 1.28. The molecule has 1 fully saturated rings. The Morgan fingerprint density at radius 3 is 2.92 bits per heavy atom. The van der Waals surface area contributed by atoms with Crippen molar-refractivity contribution in [2.24, 2.45) is 0 Å². The van der Waals surface area contributed by atoms with Gasteiger partial charge in [0.25, 0.3) is 5.91 Å². The molecule has 1 unspecified atom stereocenters. The van der Waals surface area contributed by atoms with E-state index in [1.807, 2.05) is 11.0 Å². The van der Waals surface area contributed by atoms with Crippen LogP contribution in [-0.4, -0.2) is 44.6 Å². The monoisotopic (exact) mass is 343 g/mol. The minimum Gasteiger partial charge on any atom is -0.481 e. The second-order valence-corrected chi connectivity index (χ2v) is 6.30. The normalized spacial score (nSPS) is 17.5. The van der Waals surface area contributed by atoms with Crippen LogP contribution in [0.4, 0.5) is 0 Å². The third-order valence-electron chi connectivity index (χ3n) is 4.47. The number of hydrogen-bond donors (Lipinski definition) is 1. The highest BCUT2D eigenvalue weighted by molar-refractivity contribution is 5.95. The zero-order chi connectivity index (χ0) is 17.8. The lowest BCUT2D eigenvalue weighted by molar-refractivity contribution is -0.137. The molecule has 25 heavy (non-hydrogen) atoms. The molecular weight excluding hydrogens is 322 g/mol. The van der Waals surface area contributed by atoms with Gasteiger partial charge in [0.1, 0.15) is 0 Å². The van der Waals surface area contributed by atoms with E-state index in [4.69, 9.17) is 9.63 Å². The smallest absolute Gasteiger partial charge is 0.303 e. The number of likely N-dealkylation sites (tertiary alicyclic amines) is 1. The number of carboxylic acid groups (broad SMARTS) is 1. The summed E-state index contributed by atoms with van der Waals surface area (Å²) >= 11 is 0. The van der Waals surface area contributed by atoms with Gasteiger partial charge in [0, 0.05) is 37.1 Å². The number of carbonyl (C=O) groups is 2. The Bertz CT molecular complexity index is 771. The highest BCUT2D eigenvalue weighted by atomic mass is 16.5. The summed E-state index contributed by atoms with van der Waals surface area (Å²) in [5, 5.41) is 12.8. The van der Waals surface area contributed by atoms with Crippen LogP contribution in [0.25, 0.3) is 11.4 Å². The summed E-state index contributed by atoms with van der Waals surface area (Å²) in [5.74, 6) is 0.0225. The summed E-state index contributed by atoms with van der Waals surface area (Å²) in [6, 6.07) is 7.13. The first-order chi connectivity index (χ1) is 12.0. The van der Waals surface area contributed by atoms with Crippen LogP contribution < -0.4 is 0 Å². The maximum atomic E-state index is 13.0. The molecule has 1 amide bonds. The van der Waals surface area contributed by atoms with Crippen molar-refractivity contribution in [2.75, 3.05) is 6.54 Å². The van der Waals surface area contributed by atoms with E-state index in [9.17, 15) is 9.59 Å². The summed E-state index contributed by atoms with van der Waals surface area (Å²) < 4.78 is 4.99. The second-order valence-electron chi connectivity index (χ2n) is 6.30. The molecule has 3 rings (SSSR count). The molecule has 0 aliphatic carbocycles. The van der Waals surface area contributed by atoms with Crippen molar-refractivity contribution in [1.29, 1.82) is 0 Å². The SMILES string of the molecule is Cc1nc(-c2cccc(C(=O)N3CCCCC3CCC(=O)O)c2)no1. The molecule has 0 saturated carbocycles. The standard InChI is InChI=1S/C18H21N3O4/c1-12-19-17(20-25-12)13-5-4-6-14(11-13)18(24)21-10-3-2-7-15(21)8-9-16(22)23/h4-6,11,15H,2-3,7-10H2,1H3,(H,22,23). The molecule has 0 spiro atoms. The summed E-state index contributed by atoms with van der Waals surface area (Å²) in [4.78, 5) is 29.8. The van der Waals surface area contributed by atoms with Gasteiger partial charge in [0.15, 0.2) is 0 Å². The van der Waals surface area contributed by atoms with E-state index in [2.05, 4.69) is 10.1 Å². The van der Waals surface area contributed by atoms with Crippen molar-refractivity contribution in [1.82, 2.24) is 15.0 Å². The van der Waals surface area contributed by atoms with Crippen molar-refractivity contribution >= 4 is 11.9 Å². The Labute approximate surface area is 145 Å². The molecule has 2 heterocycles. The van der Waals surface area contributed by atoms with Gasteiger partial charge in [-0.25, -0.2) is 0 Å². The van der Waals surface area contributed by atoms with Crippen LogP contribution in [0.5, 0.6) is 0 Å². The minimum absolute atomic E-state index is 0.0200. The quantitative estimate of drug-likeness (QED) is 0.896. The molecule has 0 radical (unpaired) electrons. The fourth-order valence-corrected chi connectivity index (χ4v) is 3.23. The van der Waals surface area contributed by atoms with Gasteiger partial charge in [0.2, 0.25) is 11.7 Å². The number of rotatable bonds is 5. The Balaban J connectivity index is 1.80. The first kappa shape index (κ1) is 17.1. The van der Waals surface area contributed by atoms with Crippen molar-refractivity contribution in [3.63, 3.8) is 0 Å². The summed E-state index contributed by atoms with van der Waals surface area (Å²) in [7, 11) is 0. The van der Waals surface area contributed by atoms with Gasteiger partial charge in [-0.15, -0.1) is 0 Å². The minimum atomic E-state index is -0.826.